The summed E-state index contributed by atoms with van der Waals surface area (Å²) in [5, 5.41) is 17.5. The van der Waals surface area contributed by atoms with Gasteiger partial charge in [0.2, 0.25) is 5.88 Å². The molecule has 0 aliphatic carbocycles. The summed E-state index contributed by atoms with van der Waals surface area (Å²) in [4.78, 5) is 0. The molecule has 0 spiro atoms. The van der Waals surface area contributed by atoms with E-state index in [-0.39, 0.29) is 5.88 Å². The minimum atomic E-state index is 0.148. The first-order valence-corrected chi connectivity index (χ1v) is 4.34. The highest BCUT2D eigenvalue weighted by atomic mass is 16.5. The Morgan fingerprint density at radius 3 is 2.73 bits per heavy atom. The summed E-state index contributed by atoms with van der Waals surface area (Å²) in [7, 11) is 0. The molecule has 0 bridgehead atoms. The Kier molecular flexibility index (Phi) is 2.04. The first-order chi connectivity index (χ1) is 7.24. The third-order valence-electron chi connectivity index (χ3n) is 2.21. The fourth-order valence-corrected chi connectivity index (χ4v) is 1.44. The highest BCUT2D eigenvalue weighted by molar-refractivity contribution is 5.48. The number of hydrogen-bond acceptors (Lipinski definition) is 4. The van der Waals surface area contributed by atoms with E-state index in [0.717, 1.165) is 5.56 Å². The van der Waals surface area contributed by atoms with Gasteiger partial charge < -0.3 is 10.5 Å². The second-order valence-electron chi connectivity index (χ2n) is 3.17. The second-order valence-corrected chi connectivity index (χ2v) is 3.17. The van der Waals surface area contributed by atoms with E-state index in [1.54, 1.807) is 18.2 Å². The van der Waals surface area contributed by atoms with Crippen molar-refractivity contribution in [1.82, 2.24) is 0 Å². The lowest BCUT2D eigenvalue weighted by atomic mass is 10.0. The Morgan fingerprint density at radius 2 is 2.07 bits per heavy atom. The predicted molar refractivity (Wildman–Crippen MR) is 52.3 cm³/mol. The van der Waals surface area contributed by atoms with Gasteiger partial charge in [0.05, 0.1) is 17.2 Å². The quantitative estimate of drug-likeness (QED) is 0.677. The van der Waals surface area contributed by atoms with Crippen LogP contribution in [0.25, 0.3) is 0 Å². The van der Waals surface area contributed by atoms with Crippen LogP contribution in [-0.4, -0.2) is 0 Å². The van der Waals surface area contributed by atoms with E-state index in [1.807, 2.05) is 12.1 Å². The van der Waals surface area contributed by atoms with Crippen molar-refractivity contribution in [3.05, 3.63) is 40.8 Å². The fourth-order valence-electron chi connectivity index (χ4n) is 1.44. The van der Waals surface area contributed by atoms with Crippen LogP contribution < -0.4 is 10.5 Å². The number of fused-ring (bicyclic) bond motifs is 1. The van der Waals surface area contributed by atoms with Gasteiger partial charge in [-0.25, -0.2) is 0 Å². The van der Waals surface area contributed by atoms with E-state index < -0.39 is 0 Å². The molecule has 0 saturated heterocycles. The van der Waals surface area contributed by atoms with E-state index in [4.69, 9.17) is 21.0 Å². The molecule has 1 aromatic carbocycles. The second kappa shape index (κ2) is 3.36. The topological polar surface area (TPSA) is 82.8 Å². The molecule has 4 heteroatoms. The molecule has 1 aliphatic rings. The SMILES string of the molecule is N#CC1=C(N)Oc2ccc(C#N)cc2C1. The molecule has 0 amide bonds. The number of hydrogen-bond donors (Lipinski definition) is 1. The Hall–Kier alpha value is -2.46. The first-order valence-electron chi connectivity index (χ1n) is 4.34. The summed E-state index contributed by atoms with van der Waals surface area (Å²) in [6, 6.07) is 9.07. The van der Waals surface area contributed by atoms with E-state index >= 15 is 0 Å². The normalized spacial score (nSPS) is 13.5. The summed E-state index contributed by atoms with van der Waals surface area (Å²) in [5.41, 5.74) is 7.32. The Bertz CT molecular complexity index is 532. The maximum absolute atomic E-state index is 8.78. The lowest BCUT2D eigenvalue weighted by Crippen LogP contribution is -2.16. The van der Waals surface area contributed by atoms with Gasteiger partial charge in [0.15, 0.2) is 0 Å². The highest BCUT2D eigenvalue weighted by Gasteiger charge is 2.17. The molecule has 15 heavy (non-hydrogen) atoms. The molecule has 1 aliphatic heterocycles. The van der Waals surface area contributed by atoms with Gasteiger partial charge in [0, 0.05) is 12.0 Å². The number of allylic oxidation sites excluding steroid dienone is 1. The van der Waals surface area contributed by atoms with Gasteiger partial charge in [-0.15, -0.1) is 0 Å². The summed E-state index contributed by atoms with van der Waals surface area (Å²) in [6.07, 6.45) is 0.424. The Morgan fingerprint density at radius 1 is 1.27 bits per heavy atom. The van der Waals surface area contributed by atoms with Crippen LogP contribution in [0.15, 0.2) is 29.7 Å². The standard InChI is InChI=1S/C11H7N3O/c12-5-7-1-2-10-8(3-7)4-9(6-13)11(14)15-10/h1-3H,4,14H2. The Labute approximate surface area is 86.8 Å². The zero-order valence-corrected chi connectivity index (χ0v) is 7.82. The van der Waals surface area contributed by atoms with Crippen molar-refractivity contribution in [2.75, 3.05) is 0 Å². The van der Waals surface area contributed by atoms with Crippen LogP contribution in [-0.2, 0) is 6.42 Å². The molecule has 2 N–H and O–H groups in total. The average Bonchev–Trinajstić information content (AvgIpc) is 2.27. The van der Waals surface area contributed by atoms with E-state index in [0.29, 0.717) is 23.3 Å². The number of nitrogens with two attached hydrogens (primary N) is 1. The van der Waals surface area contributed by atoms with Crippen LogP contribution in [0.5, 0.6) is 5.75 Å². The zero-order valence-electron chi connectivity index (χ0n) is 7.82. The predicted octanol–water partition coefficient (Wildman–Crippen LogP) is 1.19. The van der Waals surface area contributed by atoms with Crippen LogP contribution in [0.4, 0.5) is 0 Å². The smallest absolute Gasteiger partial charge is 0.205 e. The van der Waals surface area contributed by atoms with Crippen LogP contribution in [0.1, 0.15) is 11.1 Å². The number of ether oxygens (including phenoxy) is 1. The molecule has 0 saturated carbocycles. The third-order valence-corrected chi connectivity index (χ3v) is 2.21. The minimum absolute atomic E-state index is 0.148. The van der Waals surface area contributed by atoms with Gasteiger partial charge in [-0.2, -0.15) is 10.5 Å². The fraction of sp³-hybridized carbons (Fsp3) is 0.0909. The van der Waals surface area contributed by atoms with Crippen molar-refractivity contribution in [2.24, 2.45) is 5.73 Å². The molecule has 0 fully saturated rings. The monoisotopic (exact) mass is 197 g/mol. The number of benzene rings is 1. The number of nitrogens with zero attached hydrogens (tertiary/aromatic N) is 2. The van der Waals surface area contributed by atoms with Crippen molar-refractivity contribution >= 4 is 0 Å². The molecular weight excluding hydrogens is 190 g/mol. The maximum atomic E-state index is 8.78. The van der Waals surface area contributed by atoms with E-state index in [1.165, 1.54) is 0 Å². The van der Waals surface area contributed by atoms with Crippen LogP contribution in [0, 0.1) is 22.7 Å². The van der Waals surface area contributed by atoms with E-state index in [2.05, 4.69) is 0 Å². The van der Waals surface area contributed by atoms with Gasteiger partial charge in [-0.3, -0.25) is 0 Å². The van der Waals surface area contributed by atoms with Gasteiger partial charge in [-0.1, -0.05) is 0 Å². The van der Waals surface area contributed by atoms with Crippen molar-refractivity contribution in [2.45, 2.75) is 6.42 Å². The molecular formula is C11H7N3O. The molecule has 2 rings (SSSR count). The molecule has 72 valence electrons. The van der Waals surface area contributed by atoms with Gasteiger partial charge in [-0.05, 0) is 18.2 Å². The van der Waals surface area contributed by atoms with Crippen LogP contribution >= 0.6 is 0 Å². The van der Waals surface area contributed by atoms with Crippen molar-refractivity contribution in [3.63, 3.8) is 0 Å². The van der Waals surface area contributed by atoms with Gasteiger partial charge >= 0.3 is 0 Å². The average molecular weight is 197 g/mol. The maximum Gasteiger partial charge on any atom is 0.205 e. The molecule has 4 nitrogen and oxygen atoms in total. The van der Waals surface area contributed by atoms with Crippen molar-refractivity contribution < 1.29 is 4.74 Å². The highest BCUT2D eigenvalue weighted by Crippen LogP contribution is 2.28. The lowest BCUT2D eigenvalue weighted by molar-refractivity contribution is 0.399. The molecule has 0 atom stereocenters. The molecule has 1 heterocycles. The molecule has 0 unspecified atom stereocenters. The van der Waals surface area contributed by atoms with Crippen LogP contribution in [0.2, 0.25) is 0 Å². The summed E-state index contributed by atoms with van der Waals surface area (Å²) in [6.45, 7) is 0. The number of nitriles is 2. The van der Waals surface area contributed by atoms with E-state index in [9.17, 15) is 0 Å². The zero-order chi connectivity index (χ0) is 10.8. The third kappa shape index (κ3) is 1.49. The van der Waals surface area contributed by atoms with Crippen molar-refractivity contribution in [1.29, 1.82) is 10.5 Å². The molecule has 1 aromatic rings. The van der Waals surface area contributed by atoms with Gasteiger partial charge in [0.1, 0.15) is 11.8 Å². The van der Waals surface area contributed by atoms with Crippen molar-refractivity contribution in [3.8, 4) is 17.9 Å². The molecule has 0 aromatic heterocycles. The first kappa shape index (κ1) is 9.11. The minimum Gasteiger partial charge on any atom is -0.440 e. The Balaban J connectivity index is 2.46. The summed E-state index contributed by atoms with van der Waals surface area (Å²) < 4.78 is 5.26. The number of rotatable bonds is 0. The summed E-state index contributed by atoms with van der Waals surface area (Å²) >= 11 is 0. The van der Waals surface area contributed by atoms with Crippen LogP contribution in [0.3, 0.4) is 0 Å². The summed E-state index contributed by atoms with van der Waals surface area (Å²) in [5.74, 6) is 0.764. The lowest BCUT2D eigenvalue weighted by Gasteiger charge is -2.17. The molecule has 0 radical (unpaired) electrons. The largest absolute Gasteiger partial charge is 0.440 e. The van der Waals surface area contributed by atoms with Gasteiger partial charge in [0.25, 0.3) is 0 Å².